The van der Waals surface area contributed by atoms with Crippen molar-refractivity contribution in [3.8, 4) is 0 Å². The lowest BCUT2D eigenvalue weighted by Gasteiger charge is -2.28. The van der Waals surface area contributed by atoms with Gasteiger partial charge in [0.25, 0.3) is 0 Å². The highest BCUT2D eigenvalue weighted by atomic mass is 16.6. The standard InChI is InChI=1S/C15H29BO2/c1-11(2)9-17-16(18-10-12(3)4)15-8-13-5-6-14(15)7-13/h11-15H,5-10H2,1-4H3/t13-,14+,15+/m1/s1. The summed E-state index contributed by atoms with van der Waals surface area (Å²) in [6.07, 6.45) is 5.62. The van der Waals surface area contributed by atoms with Gasteiger partial charge in [0.1, 0.15) is 0 Å². The van der Waals surface area contributed by atoms with Crippen LogP contribution < -0.4 is 0 Å². The molecule has 2 fully saturated rings. The lowest BCUT2D eigenvalue weighted by Crippen LogP contribution is -2.34. The highest BCUT2D eigenvalue weighted by Gasteiger charge is 2.47. The van der Waals surface area contributed by atoms with Crippen molar-refractivity contribution in [1.82, 2.24) is 0 Å². The number of fused-ring (bicyclic) bond motifs is 2. The third-order valence-corrected chi connectivity index (χ3v) is 4.33. The van der Waals surface area contributed by atoms with E-state index in [1.165, 1.54) is 25.7 Å². The predicted molar refractivity (Wildman–Crippen MR) is 76.5 cm³/mol. The molecule has 2 rings (SSSR count). The van der Waals surface area contributed by atoms with Gasteiger partial charge in [-0.2, -0.15) is 0 Å². The molecule has 0 aliphatic heterocycles. The van der Waals surface area contributed by atoms with Crippen molar-refractivity contribution in [2.75, 3.05) is 13.2 Å². The molecule has 0 saturated heterocycles. The molecule has 2 nitrogen and oxygen atoms in total. The monoisotopic (exact) mass is 252 g/mol. The number of rotatable bonds is 7. The molecule has 0 heterocycles. The van der Waals surface area contributed by atoms with E-state index in [9.17, 15) is 0 Å². The van der Waals surface area contributed by atoms with E-state index >= 15 is 0 Å². The molecule has 3 atom stereocenters. The molecule has 0 spiro atoms. The van der Waals surface area contributed by atoms with Gasteiger partial charge < -0.3 is 9.31 Å². The van der Waals surface area contributed by atoms with Crippen LogP contribution in [0.5, 0.6) is 0 Å². The Hall–Kier alpha value is -0.0151. The zero-order valence-electron chi connectivity index (χ0n) is 12.5. The maximum atomic E-state index is 6.07. The second kappa shape index (κ2) is 6.43. The van der Waals surface area contributed by atoms with Crippen molar-refractivity contribution >= 4 is 7.12 Å². The molecule has 0 aromatic rings. The van der Waals surface area contributed by atoms with E-state index in [-0.39, 0.29) is 7.12 Å². The van der Waals surface area contributed by atoms with Crippen molar-refractivity contribution in [3.05, 3.63) is 0 Å². The Kier molecular flexibility index (Phi) is 5.14. The second-order valence-corrected chi connectivity index (χ2v) is 7.16. The van der Waals surface area contributed by atoms with Gasteiger partial charge in [0, 0.05) is 13.2 Å². The van der Waals surface area contributed by atoms with Crippen LogP contribution in [-0.2, 0) is 9.31 Å². The van der Waals surface area contributed by atoms with Gasteiger partial charge in [0.2, 0.25) is 0 Å². The van der Waals surface area contributed by atoms with Crippen LogP contribution in [0.3, 0.4) is 0 Å². The maximum absolute atomic E-state index is 6.07. The second-order valence-electron chi connectivity index (χ2n) is 7.16. The molecular weight excluding hydrogens is 223 g/mol. The Morgan fingerprint density at radius 1 is 0.944 bits per heavy atom. The SMILES string of the molecule is CC(C)COB(OCC(C)C)[C@H]1C[C@@H]2CC[C@H]1C2. The fraction of sp³-hybridized carbons (Fsp3) is 1.00. The molecule has 0 aromatic heterocycles. The number of hydrogen-bond acceptors (Lipinski definition) is 2. The zero-order chi connectivity index (χ0) is 13.1. The van der Waals surface area contributed by atoms with Crippen LogP contribution in [0.1, 0.15) is 53.4 Å². The first kappa shape index (κ1) is 14.4. The molecule has 0 amide bonds. The Morgan fingerprint density at radius 3 is 1.94 bits per heavy atom. The predicted octanol–water partition coefficient (Wildman–Crippen LogP) is 4.01. The first-order valence-corrected chi connectivity index (χ1v) is 7.79. The van der Waals surface area contributed by atoms with E-state index in [0.717, 1.165) is 25.0 Å². The molecule has 0 N–H and O–H groups in total. The Morgan fingerprint density at radius 2 is 1.56 bits per heavy atom. The smallest absolute Gasteiger partial charge is 0.411 e. The average molecular weight is 252 g/mol. The molecule has 2 saturated carbocycles. The lowest BCUT2D eigenvalue weighted by molar-refractivity contribution is 0.148. The van der Waals surface area contributed by atoms with Crippen LogP contribution in [0.25, 0.3) is 0 Å². The van der Waals surface area contributed by atoms with E-state index in [4.69, 9.17) is 9.31 Å². The summed E-state index contributed by atoms with van der Waals surface area (Å²) < 4.78 is 12.1. The first-order valence-electron chi connectivity index (χ1n) is 7.79. The summed E-state index contributed by atoms with van der Waals surface area (Å²) >= 11 is 0. The Balaban J connectivity index is 1.86. The van der Waals surface area contributed by atoms with Crippen LogP contribution in [0.15, 0.2) is 0 Å². The molecule has 2 aliphatic rings. The summed E-state index contributed by atoms with van der Waals surface area (Å²) in [6, 6.07) is 0. The van der Waals surface area contributed by atoms with Crippen molar-refractivity contribution in [1.29, 1.82) is 0 Å². The quantitative estimate of drug-likeness (QED) is 0.637. The third-order valence-electron chi connectivity index (χ3n) is 4.33. The van der Waals surface area contributed by atoms with Gasteiger partial charge in [-0.15, -0.1) is 0 Å². The Labute approximate surface area is 113 Å². The minimum Gasteiger partial charge on any atom is -0.411 e. The van der Waals surface area contributed by atoms with Crippen molar-refractivity contribution in [2.24, 2.45) is 23.7 Å². The fourth-order valence-corrected chi connectivity index (χ4v) is 3.50. The number of hydrogen-bond donors (Lipinski definition) is 0. The van der Waals surface area contributed by atoms with Gasteiger partial charge in [-0.25, -0.2) is 0 Å². The minimum absolute atomic E-state index is 0.0603. The van der Waals surface area contributed by atoms with E-state index in [1.54, 1.807) is 0 Å². The minimum atomic E-state index is 0.0603. The molecule has 18 heavy (non-hydrogen) atoms. The van der Waals surface area contributed by atoms with Gasteiger partial charge in [0.15, 0.2) is 0 Å². The van der Waals surface area contributed by atoms with Gasteiger partial charge in [-0.1, -0.05) is 40.5 Å². The van der Waals surface area contributed by atoms with Crippen molar-refractivity contribution in [3.63, 3.8) is 0 Å². The normalized spacial score (nSPS) is 30.7. The van der Waals surface area contributed by atoms with Crippen LogP contribution in [0.4, 0.5) is 0 Å². The van der Waals surface area contributed by atoms with Crippen LogP contribution in [-0.4, -0.2) is 20.3 Å². The fourth-order valence-electron chi connectivity index (χ4n) is 3.50. The van der Waals surface area contributed by atoms with E-state index in [0.29, 0.717) is 17.7 Å². The van der Waals surface area contributed by atoms with Gasteiger partial charge in [-0.3, -0.25) is 0 Å². The van der Waals surface area contributed by atoms with Crippen LogP contribution in [0.2, 0.25) is 5.82 Å². The van der Waals surface area contributed by atoms with Crippen LogP contribution in [0, 0.1) is 23.7 Å². The van der Waals surface area contributed by atoms with E-state index in [2.05, 4.69) is 27.7 Å². The molecule has 0 radical (unpaired) electrons. The van der Waals surface area contributed by atoms with Gasteiger partial charge in [0.05, 0.1) is 0 Å². The highest BCUT2D eigenvalue weighted by molar-refractivity contribution is 6.46. The molecule has 3 heteroatoms. The van der Waals surface area contributed by atoms with Crippen molar-refractivity contribution < 1.29 is 9.31 Å². The maximum Gasteiger partial charge on any atom is 0.460 e. The molecule has 2 aliphatic carbocycles. The summed E-state index contributed by atoms with van der Waals surface area (Å²) in [5.41, 5.74) is 0. The summed E-state index contributed by atoms with van der Waals surface area (Å²) in [5.74, 6) is 3.69. The van der Waals surface area contributed by atoms with Gasteiger partial charge >= 0.3 is 7.12 Å². The molecular formula is C15H29BO2. The van der Waals surface area contributed by atoms with Crippen LogP contribution >= 0.6 is 0 Å². The molecule has 0 aromatic carbocycles. The average Bonchev–Trinajstić information content (AvgIpc) is 2.90. The third kappa shape index (κ3) is 3.74. The highest BCUT2D eigenvalue weighted by Crippen LogP contribution is 2.53. The topological polar surface area (TPSA) is 18.5 Å². The Bertz CT molecular complexity index is 243. The molecule has 2 bridgehead atoms. The van der Waals surface area contributed by atoms with Gasteiger partial charge in [-0.05, 0) is 42.3 Å². The zero-order valence-corrected chi connectivity index (χ0v) is 12.5. The summed E-state index contributed by atoms with van der Waals surface area (Å²) in [7, 11) is 0.0603. The summed E-state index contributed by atoms with van der Waals surface area (Å²) in [6.45, 7) is 10.5. The molecule has 0 unspecified atom stereocenters. The summed E-state index contributed by atoms with van der Waals surface area (Å²) in [4.78, 5) is 0. The lowest BCUT2D eigenvalue weighted by atomic mass is 9.63. The first-order chi connectivity index (χ1) is 8.56. The largest absolute Gasteiger partial charge is 0.460 e. The van der Waals surface area contributed by atoms with E-state index < -0.39 is 0 Å². The van der Waals surface area contributed by atoms with Crippen molar-refractivity contribution in [2.45, 2.75) is 59.2 Å². The molecule has 104 valence electrons. The summed E-state index contributed by atoms with van der Waals surface area (Å²) in [5, 5.41) is 0. The van der Waals surface area contributed by atoms with E-state index in [1.807, 2.05) is 0 Å².